The fourth-order valence-electron chi connectivity index (χ4n) is 2.31. The van der Waals surface area contributed by atoms with Gasteiger partial charge in [0.2, 0.25) is 5.91 Å². The maximum atomic E-state index is 11.5. The second-order valence-corrected chi connectivity index (χ2v) is 4.48. The molecular formula is C17H13NO. The number of carbonyl (C=O) groups excluding carboxylic acids is 1. The number of benzene rings is 3. The van der Waals surface area contributed by atoms with E-state index in [1.807, 2.05) is 60.7 Å². The van der Waals surface area contributed by atoms with Crippen molar-refractivity contribution in [1.82, 2.24) is 0 Å². The molecule has 0 bridgehead atoms. The van der Waals surface area contributed by atoms with E-state index in [0.717, 1.165) is 21.9 Å². The second-order valence-electron chi connectivity index (χ2n) is 4.48. The van der Waals surface area contributed by atoms with E-state index in [1.165, 1.54) is 0 Å². The van der Waals surface area contributed by atoms with Gasteiger partial charge in [-0.15, -0.1) is 0 Å². The number of rotatable bonds is 2. The Hall–Kier alpha value is -2.61. The molecule has 0 radical (unpaired) electrons. The van der Waals surface area contributed by atoms with Gasteiger partial charge in [-0.2, -0.15) is 0 Å². The fourth-order valence-corrected chi connectivity index (χ4v) is 2.31. The third kappa shape index (κ3) is 2.08. The highest BCUT2D eigenvalue weighted by atomic mass is 16.1. The Labute approximate surface area is 111 Å². The van der Waals surface area contributed by atoms with Crippen molar-refractivity contribution >= 4 is 16.7 Å². The van der Waals surface area contributed by atoms with Gasteiger partial charge in [-0.3, -0.25) is 4.79 Å². The van der Waals surface area contributed by atoms with E-state index in [9.17, 15) is 4.79 Å². The summed E-state index contributed by atoms with van der Waals surface area (Å²) in [6.45, 7) is 0. The van der Waals surface area contributed by atoms with Crippen molar-refractivity contribution in [3.05, 3.63) is 72.3 Å². The van der Waals surface area contributed by atoms with Crippen LogP contribution >= 0.6 is 0 Å². The summed E-state index contributed by atoms with van der Waals surface area (Å²) >= 11 is 0. The molecule has 0 fully saturated rings. The predicted octanol–water partition coefficient (Wildman–Crippen LogP) is 3.61. The summed E-state index contributed by atoms with van der Waals surface area (Å²) in [5.74, 6) is -0.400. The maximum absolute atomic E-state index is 11.5. The SMILES string of the molecule is NC(=O)c1cc(-c2ccccc2)c2ccccc2c1. The number of hydrogen-bond donors (Lipinski definition) is 1. The van der Waals surface area contributed by atoms with Crippen molar-refractivity contribution < 1.29 is 4.79 Å². The Morgan fingerprint density at radius 2 is 1.53 bits per heavy atom. The van der Waals surface area contributed by atoms with Crippen molar-refractivity contribution in [1.29, 1.82) is 0 Å². The van der Waals surface area contributed by atoms with Gasteiger partial charge in [-0.05, 0) is 34.0 Å². The van der Waals surface area contributed by atoms with Gasteiger partial charge in [0.05, 0.1) is 0 Å². The quantitative estimate of drug-likeness (QED) is 0.738. The molecule has 2 nitrogen and oxygen atoms in total. The molecule has 0 saturated heterocycles. The van der Waals surface area contributed by atoms with Gasteiger partial charge >= 0.3 is 0 Å². The molecule has 0 atom stereocenters. The van der Waals surface area contributed by atoms with Gasteiger partial charge < -0.3 is 5.73 Å². The molecule has 3 aromatic rings. The van der Waals surface area contributed by atoms with Crippen molar-refractivity contribution in [2.45, 2.75) is 0 Å². The standard InChI is InChI=1S/C17H13NO/c18-17(19)14-10-13-8-4-5-9-15(13)16(11-14)12-6-2-1-3-7-12/h1-11H,(H2,18,19). The molecular weight excluding hydrogens is 234 g/mol. The van der Waals surface area contributed by atoms with Crippen LogP contribution in [0.4, 0.5) is 0 Å². The third-order valence-electron chi connectivity index (χ3n) is 3.23. The van der Waals surface area contributed by atoms with E-state index in [2.05, 4.69) is 6.07 Å². The van der Waals surface area contributed by atoms with Crippen LogP contribution < -0.4 is 5.73 Å². The molecule has 2 N–H and O–H groups in total. The van der Waals surface area contributed by atoms with Crippen LogP contribution in [0.3, 0.4) is 0 Å². The van der Waals surface area contributed by atoms with E-state index in [1.54, 1.807) is 0 Å². The maximum Gasteiger partial charge on any atom is 0.248 e. The molecule has 3 aromatic carbocycles. The Kier molecular flexibility index (Phi) is 2.76. The molecule has 92 valence electrons. The van der Waals surface area contributed by atoms with E-state index >= 15 is 0 Å². The first-order valence-corrected chi connectivity index (χ1v) is 6.14. The fraction of sp³-hybridized carbons (Fsp3) is 0. The van der Waals surface area contributed by atoms with Crippen LogP contribution in [-0.4, -0.2) is 5.91 Å². The van der Waals surface area contributed by atoms with Gasteiger partial charge in [0, 0.05) is 5.56 Å². The molecule has 0 spiro atoms. The zero-order valence-electron chi connectivity index (χ0n) is 10.3. The molecule has 0 aromatic heterocycles. The summed E-state index contributed by atoms with van der Waals surface area (Å²) in [6.07, 6.45) is 0. The predicted molar refractivity (Wildman–Crippen MR) is 77.9 cm³/mol. The summed E-state index contributed by atoms with van der Waals surface area (Å²) < 4.78 is 0. The Balaban J connectivity index is 2.36. The van der Waals surface area contributed by atoms with Crippen molar-refractivity contribution in [3.8, 4) is 11.1 Å². The summed E-state index contributed by atoms with van der Waals surface area (Å²) in [4.78, 5) is 11.5. The molecule has 1 amide bonds. The molecule has 19 heavy (non-hydrogen) atoms. The minimum Gasteiger partial charge on any atom is -0.366 e. The van der Waals surface area contributed by atoms with E-state index in [-0.39, 0.29) is 0 Å². The first-order chi connectivity index (χ1) is 9.25. The number of primary amides is 1. The average Bonchev–Trinajstić information content (AvgIpc) is 2.47. The first-order valence-electron chi connectivity index (χ1n) is 6.14. The van der Waals surface area contributed by atoms with Crippen molar-refractivity contribution in [2.24, 2.45) is 5.73 Å². The highest BCUT2D eigenvalue weighted by molar-refractivity contribution is 6.04. The molecule has 0 aliphatic heterocycles. The largest absolute Gasteiger partial charge is 0.366 e. The zero-order chi connectivity index (χ0) is 13.2. The van der Waals surface area contributed by atoms with E-state index in [4.69, 9.17) is 5.73 Å². The van der Waals surface area contributed by atoms with Gasteiger partial charge in [0.25, 0.3) is 0 Å². The smallest absolute Gasteiger partial charge is 0.248 e. The van der Waals surface area contributed by atoms with Crippen LogP contribution in [0.15, 0.2) is 66.7 Å². The van der Waals surface area contributed by atoms with Crippen molar-refractivity contribution in [3.63, 3.8) is 0 Å². The molecule has 0 aliphatic rings. The molecule has 3 rings (SSSR count). The lowest BCUT2D eigenvalue weighted by molar-refractivity contribution is 0.100. The molecule has 0 unspecified atom stereocenters. The van der Waals surface area contributed by atoms with Gasteiger partial charge in [-0.1, -0.05) is 54.6 Å². The third-order valence-corrected chi connectivity index (χ3v) is 3.23. The van der Waals surface area contributed by atoms with E-state index in [0.29, 0.717) is 5.56 Å². The summed E-state index contributed by atoms with van der Waals surface area (Å²) in [5.41, 5.74) is 8.07. The molecule has 0 heterocycles. The topological polar surface area (TPSA) is 43.1 Å². The lowest BCUT2D eigenvalue weighted by atomic mass is 9.95. The van der Waals surface area contributed by atoms with Gasteiger partial charge in [0.15, 0.2) is 0 Å². The minimum absolute atomic E-state index is 0.400. The lowest BCUT2D eigenvalue weighted by Gasteiger charge is -2.09. The summed E-state index contributed by atoms with van der Waals surface area (Å²) in [5, 5.41) is 2.15. The lowest BCUT2D eigenvalue weighted by Crippen LogP contribution is -2.10. The molecule has 0 aliphatic carbocycles. The van der Waals surface area contributed by atoms with Gasteiger partial charge in [-0.25, -0.2) is 0 Å². The van der Waals surface area contributed by atoms with Crippen LogP contribution in [0.2, 0.25) is 0 Å². The minimum atomic E-state index is -0.400. The monoisotopic (exact) mass is 247 g/mol. The Bertz CT molecular complexity index is 748. The van der Waals surface area contributed by atoms with Crippen LogP contribution in [0, 0.1) is 0 Å². The number of amides is 1. The zero-order valence-corrected chi connectivity index (χ0v) is 10.3. The van der Waals surface area contributed by atoms with Crippen LogP contribution in [-0.2, 0) is 0 Å². The first kappa shape index (κ1) is 11.5. The highest BCUT2D eigenvalue weighted by Crippen LogP contribution is 2.29. The van der Waals surface area contributed by atoms with Crippen LogP contribution in [0.5, 0.6) is 0 Å². The summed E-state index contributed by atoms with van der Waals surface area (Å²) in [7, 11) is 0. The molecule has 0 saturated carbocycles. The highest BCUT2D eigenvalue weighted by Gasteiger charge is 2.08. The normalized spacial score (nSPS) is 10.5. The number of carbonyl (C=O) groups is 1. The number of nitrogens with two attached hydrogens (primary N) is 1. The van der Waals surface area contributed by atoms with Gasteiger partial charge in [0.1, 0.15) is 0 Å². The summed E-state index contributed by atoms with van der Waals surface area (Å²) in [6, 6.07) is 21.7. The van der Waals surface area contributed by atoms with Crippen molar-refractivity contribution in [2.75, 3.05) is 0 Å². The number of hydrogen-bond acceptors (Lipinski definition) is 1. The average molecular weight is 247 g/mol. The molecule has 2 heteroatoms. The Morgan fingerprint density at radius 1 is 0.842 bits per heavy atom. The Morgan fingerprint density at radius 3 is 2.26 bits per heavy atom. The van der Waals surface area contributed by atoms with Crippen LogP contribution in [0.1, 0.15) is 10.4 Å². The number of fused-ring (bicyclic) bond motifs is 1. The second kappa shape index (κ2) is 4.58. The van der Waals surface area contributed by atoms with Crippen LogP contribution in [0.25, 0.3) is 21.9 Å². The van der Waals surface area contributed by atoms with E-state index < -0.39 is 5.91 Å².